The average Bonchev–Trinajstić information content (AvgIpc) is 2.77. The summed E-state index contributed by atoms with van der Waals surface area (Å²) in [7, 11) is -3.35. The fraction of sp³-hybridized carbons (Fsp3) is 0.600. The molecule has 0 saturated carbocycles. The van der Waals surface area contributed by atoms with E-state index in [0.29, 0.717) is 38.4 Å². The quantitative estimate of drug-likeness (QED) is 0.716. The Morgan fingerprint density at radius 3 is 2.67 bits per heavy atom. The Labute approximate surface area is 141 Å². The molecule has 3 heterocycles. The van der Waals surface area contributed by atoms with E-state index in [1.165, 1.54) is 10.6 Å². The highest BCUT2D eigenvalue weighted by molar-refractivity contribution is 7.88. The summed E-state index contributed by atoms with van der Waals surface area (Å²) in [5.41, 5.74) is -0.280. The van der Waals surface area contributed by atoms with Crippen LogP contribution in [0.2, 0.25) is 0 Å². The van der Waals surface area contributed by atoms with Crippen molar-refractivity contribution in [3.63, 3.8) is 0 Å². The van der Waals surface area contributed by atoms with E-state index in [4.69, 9.17) is 9.47 Å². The SMILES string of the molecule is CS(=O)(=O)N1CCOC[C@@]2(CN(C(=O)c3ccncc3)CCO2)C1. The van der Waals surface area contributed by atoms with Gasteiger partial charge < -0.3 is 14.4 Å². The molecular weight excluding hydrogens is 334 g/mol. The fourth-order valence-corrected chi connectivity index (χ4v) is 3.91. The topological polar surface area (TPSA) is 89.0 Å². The van der Waals surface area contributed by atoms with Crippen LogP contribution < -0.4 is 0 Å². The minimum absolute atomic E-state index is 0.116. The van der Waals surface area contributed by atoms with Crippen LogP contribution in [-0.4, -0.2) is 86.4 Å². The van der Waals surface area contributed by atoms with Gasteiger partial charge in [-0.3, -0.25) is 9.78 Å². The van der Waals surface area contributed by atoms with E-state index in [1.54, 1.807) is 29.4 Å². The number of aromatic nitrogens is 1. The fourth-order valence-electron chi connectivity index (χ4n) is 3.03. The van der Waals surface area contributed by atoms with Gasteiger partial charge in [0.05, 0.1) is 32.6 Å². The molecule has 0 radical (unpaired) electrons. The number of sulfonamides is 1. The largest absolute Gasteiger partial charge is 0.377 e. The molecule has 0 aromatic carbocycles. The van der Waals surface area contributed by atoms with E-state index in [9.17, 15) is 13.2 Å². The van der Waals surface area contributed by atoms with Gasteiger partial charge in [0.25, 0.3) is 5.91 Å². The maximum Gasteiger partial charge on any atom is 0.254 e. The van der Waals surface area contributed by atoms with Crippen LogP contribution >= 0.6 is 0 Å². The van der Waals surface area contributed by atoms with Crippen molar-refractivity contribution >= 4 is 15.9 Å². The minimum atomic E-state index is -3.35. The summed E-state index contributed by atoms with van der Waals surface area (Å²) >= 11 is 0. The molecule has 2 aliphatic heterocycles. The lowest BCUT2D eigenvalue weighted by atomic mass is 10.0. The number of rotatable bonds is 2. The summed E-state index contributed by atoms with van der Waals surface area (Å²) in [6.45, 7) is 2.16. The highest BCUT2D eigenvalue weighted by atomic mass is 32.2. The van der Waals surface area contributed by atoms with Gasteiger partial charge in [0.1, 0.15) is 5.60 Å². The third-order valence-corrected chi connectivity index (χ3v) is 5.50. The number of morpholine rings is 1. The Kier molecular flexibility index (Phi) is 4.86. The number of amides is 1. The Morgan fingerprint density at radius 2 is 1.96 bits per heavy atom. The molecule has 24 heavy (non-hydrogen) atoms. The minimum Gasteiger partial charge on any atom is -0.377 e. The van der Waals surface area contributed by atoms with Crippen LogP contribution in [0.4, 0.5) is 0 Å². The molecular formula is C15H21N3O5S. The van der Waals surface area contributed by atoms with Crippen molar-refractivity contribution in [1.82, 2.24) is 14.2 Å². The second kappa shape index (κ2) is 6.75. The number of pyridine rings is 1. The molecule has 0 bridgehead atoms. The van der Waals surface area contributed by atoms with E-state index < -0.39 is 15.6 Å². The molecule has 3 rings (SSSR count). The standard InChI is InChI=1S/C15H21N3O5S/c1-24(20,21)18-7-8-22-12-15(11-18)10-17(6-9-23-15)14(19)13-2-4-16-5-3-13/h2-5H,6-12H2,1H3/t15-/m1/s1. The van der Waals surface area contributed by atoms with E-state index in [0.717, 1.165) is 0 Å². The Balaban J connectivity index is 1.79. The first-order valence-corrected chi connectivity index (χ1v) is 9.61. The van der Waals surface area contributed by atoms with Crippen LogP contribution in [0.25, 0.3) is 0 Å². The monoisotopic (exact) mass is 355 g/mol. The van der Waals surface area contributed by atoms with E-state index >= 15 is 0 Å². The molecule has 132 valence electrons. The lowest BCUT2D eigenvalue weighted by Gasteiger charge is -2.43. The molecule has 8 nitrogen and oxygen atoms in total. The first kappa shape index (κ1) is 17.3. The average molecular weight is 355 g/mol. The first-order chi connectivity index (χ1) is 11.4. The van der Waals surface area contributed by atoms with Crippen molar-refractivity contribution in [2.45, 2.75) is 5.60 Å². The summed E-state index contributed by atoms with van der Waals surface area (Å²) in [5, 5.41) is 0. The lowest BCUT2D eigenvalue weighted by Crippen LogP contribution is -2.60. The number of hydrogen-bond acceptors (Lipinski definition) is 6. The van der Waals surface area contributed by atoms with Crippen molar-refractivity contribution in [3.05, 3.63) is 30.1 Å². The summed E-state index contributed by atoms with van der Waals surface area (Å²) in [4.78, 5) is 18.3. The van der Waals surface area contributed by atoms with Crippen LogP contribution in [-0.2, 0) is 19.5 Å². The van der Waals surface area contributed by atoms with E-state index in [2.05, 4.69) is 4.98 Å². The van der Waals surface area contributed by atoms with Crippen LogP contribution in [0.15, 0.2) is 24.5 Å². The Morgan fingerprint density at radius 1 is 1.21 bits per heavy atom. The second-order valence-corrected chi connectivity index (χ2v) is 8.13. The highest BCUT2D eigenvalue weighted by Crippen LogP contribution is 2.24. The number of hydrogen-bond donors (Lipinski definition) is 0. The van der Waals surface area contributed by atoms with Crippen molar-refractivity contribution in [3.8, 4) is 0 Å². The van der Waals surface area contributed by atoms with Crippen molar-refractivity contribution in [2.24, 2.45) is 0 Å². The van der Waals surface area contributed by atoms with E-state index in [-0.39, 0.29) is 19.1 Å². The second-order valence-electron chi connectivity index (χ2n) is 6.14. The van der Waals surface area contributed by atoms with Crippen molar-refractivity contribution < 1.29 is 22.7 Å². The van der Waals surface area contributed by atoms with Gasteiger partial charge in [-0.1, -0.05) is 0 Å². The van der Waals surface area contributed by atoms with Crippen LogP contribution in [0.1, 0.15) is 10.4 Å². The zero-order chi connectivity index (χ0) is 17.2. The zero-order valence-corrected chi connectivity index (χ0v) is 14.4. The smallest absolute Gasteiger partial charge is 0.254 e. The summed E-state index contributed by atoms with van der Waals surface area (Å²) < 4.78 is 36.7. The first-order valence-electron chi connectivity index (χ1n) is 7.76. The Bertz CT molecular complexity index is 696. The zero-order valence-electron chi connectivity index (χ0n) is 13.6. The Hall–Kier alpha value is -1.55. The number of carbonyl (C=O) groups excluding carboxylic acids is 1. The van der Waals surface area contributed by atoms with Gasteiger partial charge in [0.15, 0.2) is 0 Å². The molecule has 2 fully saturated rings. The molecule has 0 unspecified atom stereocenters. The predicted octanol–water partition coefficient (Wildman–Crippen LogP) is -0.415. The number of nitrogens with zero attached hydrogens (tertiary/aromatic N) is 3. The molecule has 1 atom stereocenters. The van der Waals surface area contributed by atoms with Gasteiger partial charge in [-0.25, -0.2) is 8.42 Å². The third-order valence-electron chi connectivity index (χ3n) is 4.25. The third kappa shape index (κ3) is 3.75. The van der Waals surface area contributed by atoms with Gasteiger partial charge in [-0.15, -0.1) is 0 Å². The normalized spacial score (nSPS) is 26.3. The van der Waals surface area contributed by atoms with Gasteiger partial charge >= 0.3 is 0 Å². The lowest BCUT2D eigenvalue weighted by molar-refractivity contribution is -0.129. The van der Waals surface area contributed by atoms with Crippen LogP contribution in [0.3, 0.4) is 0 Å². The number of carbonyl (C=O) groups is 1. The van der Waals surface area contributed by atoms with Crippen molar-refractivity contribution in [1.29, 1.82) is 0 Å². The summed E-state index contributed by atoms with van der Waals surface area (Å²) in [5.74, 6) is -0.116. The van der Waals surface area contributed by atoms with Gasteiger partial charge in [0, 0.05) is 37.6 Å². The van der Waals surface area contributed by atoms with E-state index in [1.807, 2.05) is 0 Å². The molecule has 1 spiro atoms. The summed E-state index contributed by atoms with van der Waals surface area (Å²) in [6.07, 6.45) is 4.32. The van der Waals surface area contributed by atoms with Gasteiger partial charge in [-0.05, 0) is 12.1 Å². The number of ether oxygens (including phenoxy) is 2. The summed E-state index contributed by atoms with van der Waals surface area (Å²) in [6, 6.07) is 3.33. The van der Waals surface area contributed by atoms with Crippen molar-refractivity contribution in [2.75, 3.05) is 52.3 Å². The maximum atomic E-state index is 12.7. The predicted molar refractivity (Wildman–Crippen MR) is 86.1 cm³/mol. The molecule has 1 amide bonds. The van der Waals surface area contributed by atoms with Crippen LogP contribution in [0.5, 0.6) is 0 Å². The molecule has 2 aliphatic rings. The molecule has 0 N–H and O–H groups in total. The molecule has 9 heteroatoms. The molecule has 1 aromatic rings. The van der Waals surface area contributed by atoms with Crippen LogP contribution in [0, 0.1) is 0 Å². The molecule has 1 aromatic heterocycles. The molecule has 0 aliphatic carbocycles. The molecule has 2 saturated heterocycles. The van der Waals surface area contributed by atoms with Gasteiger partial charge in [0.2, 0.25) is 10.0 Å². The maximum absolute atomic E-state index is 12.7. The highest BCUT2D eigenvalue weighted by Gasteiger charge is 2.43. The van der Waals surface area contributed by atoms with Gasteiger partial charge in [-0.2, -0.15) is 4.31 Å².